The first-order valence-corrected chi connectivity index (χ1v) is 4.66. The molecule has 0 heterocycles. The highest BCUT2D eigenvalue weighted by Gasteiger charge is 2.28. The fraction of sp³-hybridized carbons (Fsp3) is 0.636. The minimum atomic E-state index is -1.01. The number of hydrogen-bond acceptors (Lipinski definition) is 2. The van der Waals surface area contributed by atoms with Crippen LogP contribution in [0.1, 0.15) is 33.6 Å². The molecule has 3 heteroatoms. The lowest BCUT2D eigenvalue weighted by Crippen LogP contribution is -2.41. The Morgan fingerprint density at radius 3 is 2.57 bits per heavy atom. The predicted molar refractivity (Wildman–Crippen MR) is 55.1 cm³/mol. The van der Waals surface area contributed by atoms with E-state index >= 15 is 0 Å². The molecule has 0 aliphatic heterocycles. The third-order valence-electron chi connectivity index (χ3n) is 1.93. The molecule has 0 saturated carbocycles. The summed E-state index contributed by atoms with van der Waals surface area (Å²) in [5.41, 5.74) is -1.01. The molecule has 0 spiro atoms. The van der Waals surface area contributed by atoms with Crippen molar-refractivity contribution < 1.29 is 4.79 Å². The average molecular weight is 192 g/mol. The molecule has 1 atom stereocenters. The first kappa shape index (κ1) is 12.5. The Bertz CT molecular complexity index is 281. The van der Waals surface area contributed by atoms with Gasteiger partial charge in [-0.25, -0.2) is 0 Å². The third-order valence-corrected chi connectivity index (χ3v) is 1.93. The summed E-state index contributed by atoms with van der Waals surface area (Å²) in [5, 5.41) is 11.4. The van der Waals surface area contributed by atoms with Crippen molar-refractivity contribution in [1.82, 2.24) is 5.32 Å². The standard InChI is InChI=1S/C11H16N2O/c1-5-7-9(6-2)13-10(14)11(3,4)8-12/h2,9H,5,7H2,1,3-4H3,(H,13,14). The van der Waals surface area contributed by atoms with E-state index < -0.39 is 5.41 Å². The van der Waals surface area contributed by atoms with Crippen molar-refractivity contribution in [3.63, 3.8) is 0 Å². The number of amides is 1. The van der Waals surface area contributed by atoms with Crippen LogP contribution in [0.2, 0.25) is 0 Å². The molecule has 0 radical (unpaired) electrons. The molecular formula is C11H16N2O. The van der Waals surface area contributed by atoms with Gasteiger partial charge in [-0.15, -0.1) is 6.42 Å². The second kappa shape index (κ2) is 5.29. The summed E-state index contributed by atoms with van der Waals surface area (Å²) in [5.74, 6) is 2.18. The van der Waals surface area contributed by atoms with E-state index in [1.54, 1.807) is 13.8 Å². The van der Waals surface area contributed by atoms with Gasteiger partial charge in [-0.3, -0.25) is 4.79 Å². The van der Waals surface area contributed by atoms with Crippen molar-refractivity contribution in [1.29, 1.82) is 5.26 Å². The van der Waals surface area contributed by atoms with Crippen molar-refractivity contribution in [2.24, 2.45) is 5.41 Å². The van der Waals surface area contributed by atoms with Gasteiger partial charge in [0.25, 0.3) is 0 Å². The van der Waals surface area contributed by atoms with Gasteiger partial charge in [0.05, 0.1) is 12.1 Å². The normalized spacial score (nSPS) is 12.4. The summed E-state index contributed by atoms with van der Waals surface area (Å²) >= 11 is 0. The molecule has 0 rings (SSSR count). The van der Waals surface area contributed by atoms with Crippen LogP contribution in [-0.2, 0) is 4.79 Å². The van der Waals surface area contributed by atoms with Crippen LogP contribution in [0.3, 0.4) is 0 Å². The maximum Gasteiger partial charge on any atom is 0.240 e. The molecule has 14 heavy (non-hydrogen) atoms. The summed E-state index contributed by atoms with van der Waals surface area (Å²) < 4.78 is 0. The molecule has 76 valence electrons. The molecule has 0 saturated heterocycles. The molecule has 0 fully saturated rings. The zero-order chi connectivity index (χ0) is 11.2. The molecule has 1 amide bonds. The van der Waals surface area contributed by atoms with E-state index in [1.807, 2.05) is 13.0 Å². The third kappa shape index (κ3) is 3.49. The fourth-order valence-corrected chi connectivity index (χ4v) is 0.875. The molecule has 0 aliphatic carbocycles. The highest BCUT2D eigenvalue weighted by atomic mass is 16.2. The van der Waals surface area contributed by atoms with Gasteiger partial charge in [0.1, 0.15) is 5.41 Å². The van der Waals surface area contributed by atoms with E-state index in [1.165, 1.54) is 0 Å². The van der Waals surface area contributed by atoms with Crippen LogP contribution in [0, 0.1) is 29.1 Å². The molecule has 0 aromatic rings. The number of terminal acetylenes is 1. The van der Waals surface area contributed by atoms with Crippen LogP contribution in [0.4, 0.5) is 0 Å². The summed E-state index contributed by atoms with van der Waals surface area (Å²) in [4.78, 5) is 11.5. The minimum absolute atomic E-state index is 0.264. The second-order valence-corrected chi connectivity index (χ2v) is 3.72. The highest BCUT2D eigenvalue weighted by molar-refractivity contribution is 5.85. The Labute approximate surface area is 85.5 Å². The van der Waals surface area contributed by atoms with Crippen LogP contribution in [-0.4, -0.2) is 11.9 Å². The van der Waals surface area contributed by atoms with Gasteiger partial charge in [-0.1, -0.05) is 19.3 Å². The van der Waals surface area contributed by atoms with E-state index in [0.717, 1.165) is 12.8 Å². The molecule has 1 unspecified atom stereocenters. The van der Waals surface area contributed by atoms with Gasteiger partial charge < -0.3 is 5.32 Å². The summed E-state index contributed by atoms with van der Waals surface area (Å²) in [6, 6.07) is 1.67. The highest BCUT2D eigenvalue weighted by Crippen LogP contribution is 2.13. The van der Waals surface area contributed by atoms with Crippen LogP contribution >= 0.6 is 0 Å². The smallest absolute Gasteiger partial charge is 0.240 e. The molecule has 1 N–H and O–H groups in total. The van der Waals surface area contributed by atoms with Crippen LogP contribution in [0.15, 0.2) is 0 Å². The van der Waals surface area contributed by atoms with E-state index in [2.05, 4.69) is 11.2 Å². The van der Waals surface area contributed by atoms with Gasteiger partial charge in [0.15, 0.2) is 0 Å². The summed E-state index contributed by atoms with van der Waals surface area (Å²) in [6.07, 6.45) is 6.89. The zero-order valence-electron chi connectivity index (χ0n) is 8.92. The second-order valence-electron chi connectivity index (χ2n) is 3.72. The molecule has 0 aromatic carbocycles. The number of nitriles is 1. The minimum Gasteiger partial charge on any atom is -0.341 e. The molecular weight excluding hydrogens is 176 g/mol. The Hall–Kier alpha value is -1.48. The molecule has 3 nitrogen and oxygen atoms in total. The van der Waals surface area contributed by atoms with Crippen LogP contribution < -0.4 is 5.32 Å². The van der Waals surface area contributed by atoms with Gasteiger partial charge >= 0.3 is 0 Å². The van der Waals surface area contributed by atoms with E-state index in [0.29, 0.717) is 0 Å². The number of carbonyl (C=O) groups is 1. The Balaban J connectivity index is 4.33. The Kier molecular flexibility index (Phi) is 4.73. The largest absolute Gasteiger partial charge is 0.341 e. The summed E-state index contributed by atoms with van der Waals surface area (Å²) in [7, 11) is 0. The number of nitrogens with one attached hydrogen (secondary N) is 1. The first-order valence-electron chi connectivity index (χ1n) is 4.66. The van der Waals surface area contributed by atoms with Gasteiger partial charge in [0.2, 0.25) is 5.91 Å². The van der Waals surface area contributed by atoms with E-state index in [4.69, 9.17) is 11.7 Å². The maximum absolute atomic E-state index is 11.5. The lowest BCUT2D eigenvalue weighted by atomic mass is 9.94. The lowest BCUT2D eigenvalue weighted by Gasteiger charge is -2.18. The first-order chi connectivity index (χ1) is 6.47. The number of carbonyl (C=O) groups excluding carboxylic acids is 1. The Morgan fingerprint density at radius 1 is 1.64 bits per heavy atom. The molecule has 0 aromatic heterocycles. The SMILES string of the molecule is C#CC(CCC)NC(=O)C(C)(C)C#N. The van der Waals surface area contributed by atoms with Gasteiger partial charge in [-0.05, 0) is 20.3 Å². The Morgan fingerprint density at radius 2 is 2.21 bits per heavy atom. The summed E-state index contributed by atoms with van der Waals surface area (Å²) in [6.45, 7) is 5.13. The van der Waals surface area contributed by atoms with Crippen LogP contribution in [0.25, 0.3) is 0 Å². The van der Waals surface area contributed by atoms with Crippen molar-refractivity contribution in [3.8, 4) is 18.4 Å². The van der Waals surface area contributed by atoms with E-state index in [-0.39, 0.29) is 11.9 Å². The molecule has 0 bridgehead atoms. The van der Waals surface area contributed by atoms with Crippen molar-refractivity contribution in [2.45, 2.75) is 39.7 Å². The van der Waals surface area contributed by atoms with E-state index in [9.17, 15) is 4.79 Å². The zero-order valence-corrected chi connectivity index (χ0v) is 8.92. The van der Waals surface area contributed by atoms with Gasteiger partial charge in [-0.2, -0.15) is 5.26 Å². The monoisotopic (exact) mass is 192 g/mol. The van der Waals surface area contributed by atoms with Gasteiger partial charge in [0, 0.05) is 0 Å². The fourth-order valence-electron chi connectivity index (χ4n) is 0.875. The lowest BCUT2D eigenvalue weighted by molar-refractivity contribution is -0.127. The maximum atomic E-state index is 11.5. The van der Waals surface area contributed by atoms with Crippen molar-refractivity contribution >= 4 is 5.91 Å². The van der Waals surface area contributed by atoms with Crippen molar-refractivity contribution in [3.05, 3.63) is 0 Å². The number of hydrogen-bond donors (Lipinski definition) is 1. The number of rotatable bonds is 4. The topological polar surface area (TPSA) is 52.9 Å². The number of nitrogens with zero attached hydrogens (tertiary/aromatic N) is 1. The van der Waals surface area contributed by atoms with Crippen molar-refractivity contribution in [2.75, 3.05) is 0 Å². The molecule has 0 aliphatic rings. The average Bonchev–Trinajstić information content (AvgIpc) is 2.16. The van der Waals surface area contributed by atoms with Crippen LogP contribution in [0.5, 0.6) is 0 Å². The quantitative estimate of drug-likeness (QED) is 0.685. The predicted octanol–water partition coefficient (Wildman–Crippen LogP) is 1.45.